The van der Waals surface area contributed by atoms with E-state index in [9.17, 15) is 24.3 Å². The molecule has 0 radical (unpaired) electrons. The van der Waals surface area contributed by atoms with Crippen molar-refractivity contribution in [3.8, 4) is 0 Å². The largest absolute Gasteiger partial charge is 0.480 e. The first-order chi connectivity index (χ1) is 17.0. The van der Waals surface area contributed by atoms with E-state index in [0.29, 0.717) is 51.6 Å². The summed E-state index contributed by atoms with van der Waals surface area (Å²) in [6, 6.07) is -3.63. The van der Waals surface area contributed by atoms with E-state index in [4.69, 9.17) is 22.9 Å². The normalized spacial score (nSPS) is 18.6. The Hall–Kier alpha value is -2.93. The lowest BCUT2D eigenvalue weighted by Gasteiger charge is -2.31. The Kier molecular flexibility index (Phi) is 13.8. The number of guanidine groups is 1. The average Bonchev–Trinajstić information content (AvgIpc) is 3.33. The van der Waals surface area contributed by atoms with Crippen LogP contribution < -0.4 is 33.6 Å². The van der Waals surface area contributed by atoms with Gasteiger partial charge in [0.1, 0.15) is 18.1 Å². The summed E-state index contributed by atoms with van der Waals surface area (Å²) in [5.74, 6) is -2.87. The van der Waals surface area contributed by atoms with Crippen LogP contribution in [-0.4, -0.2) is 83.5 Å². The predicted octanol–water partition coefficient (Wildman–Crippen LogP) is -1.41. The van der Waals surface area contributed by atoms with Crippen LogP contribution >= 0.6 is 0 Å². The summed E-state index contributed by atoms with van der Waals surface area (Å²) in [6.07, 6.45) is 3.97. The lowest BCUT2D eigenvalue weighted by atomic mass is 9.96. The molecule has 5 atom stereocenters. The number of aliphatic imine (C=N–C) groups is 1. The minimum absolute atomic E-state index is 0.0806. The van der Waals surface area contributed by atoms with Crippen LogP contribution in [0.1, 0.15) is 65.2 Å². The number of hydrogen-bond acceptors (Lipinski definition) is 7. The molecule has 1 aliphatic rings. The number of likely N-dealkylation sites (tertiary alicyclic amines) is 1. The summed E-state index contributed by atoms with van der Waals surface area (Å²) in [7, 11) is 0. The topological polar surface area (TPSA) is 232 Å². The Labute approximate surface area is 212 Å². The van der Waals surface area contributed by atoms with Crippen molar-refractivity contribution in [3.63, 3.8) is 0 Å². The third-order valence-electron chi connectivity index (χ3n) is 6.48. The lowest BCUT2D eigenvalue weighted by molar-refractivity contribution is -0.150. The first-order valence-electron chi connectivity index (χ1n) is 12.7. The van der Waals surface area contributed by atoms with Gasteiger partial charge in [0.05, 0.1) is 6.04 Å². The maximum Gasteiger partial charge on any atom is 0.326 e. The Morgan fingerprint density at radius 1 is 1.08 bits per heavy atom. The molecule has 13 nitrogen and oxygen atoms in total. The first-order valence-corrected chi connectivity index (χ1v) is 12.7. The Morgan fingerprint density at radius 3 is 2.36 bits per heavy atom. The molecule has 0 bridgehead atoms. The van der Waals surface area contributed by atoms with Crippen molar-refractivity contribution in [2.75, 3.05) is 19.6 Å². The van der Waals surface area contributed by atoms with Crippen molar-refractivity contribution < 1.29 is 24.3 Å². The second kappa shape index (κ2) is 15.9. The quantitative estimate of drug-likeness (QED) is 0.0729. The monoisotopic (exact) mass is 512 g/mol. The number of carboxylic acid groups (broad SMARTS) is 1. The van der Waals surface area contributed by atoms with Gasteiger partial charge in [-0.05, 0) is 51.0 Å². The molecule has 36 heavy (non-hydrogen) atoms. The summed E-state index contributed by atoms with van der Waals surface area (Å²) in [5.41, 5.74) is 22.2. The number of nitrogens with two attached hydrogens (primary N) is 4. The number of rotatable bonds is 16. The van der Waals surface area contributed by atoms with Crippen LogP contribution in [0.2, 0.25) is 0 Å². The molecule has 0 aromatic carbocycles. The fourth-order valence-electron chi connectivity index (χ4n) is 4.09. The van der Waals surface area contributed by atoms with E-state index >= 15 is 0 Å². The second-order valence-corrected chi connectivity index (χ2v) is 9.30. The number of hydrogen-bond donors (Lipinski definition) is 7. The van der Waals surface area contributed by atoms with Crippen LogP contribution in [-0.2, 0) is 19.2 Å². The van der Waals surface area contributed by atoms with Gasteiger partial charge in [-0.15, -0.1) is 0 Å². The van der Waals surface area contributed by atoms with E-state index < -0.39 is 47.9 Å². The first kappa shape index (κ1) is 31.1. The smallest absolute Gasteiger partial charge is 0.326 e. The zero-order chi connectivity index (χ0) is 27.3. The van der Waals surface area contributed by atoms with Gasteiger partial charge >= 0.3 is 5.97 Å². The van der Waals surface area contributed by atoms with Crippen molar-refractivity contribution in [3.05, 3.63) is 0 Å². The number of aliphatic carboxylic acids is 1. The van der Waals surface area contributed by atoms with Gasteiger partial charge in [-0.3, -0.25) is 19.4 Å². The molecule has 0 saturated carbocycles. The van der Waals surface area contributed by atoms with Crippen LogP contribution in [0.5, 0.6) is 0 Å². The van der Waals surface area contributed by atoms with Crippen molar-refractivity contribution in [2.24, 2.45) is 33.8 Å². The Bertz CT molecular complexity index is 774. The molecule has 0 aromatic rings. The lowest BCUT2D eigenvalue weighted by Crippen LogP contribution is -2.58. The van der Waals surface area contributed by atoms with E-state index in [1.165, 1.54) is 4.90 Å². The highest BCUT2D eigenvalue weighted by Gasteiger charge is 2.39. The van der Waals surface area contributed by atoms with Crippen LogP contribution in [0.3, 0.4) is 0 Å². The molecule has 3 amide bonds. The third kappa shape index (κ3) is 9.97. The van der Waals surface area contributed by atoms with Gasteiger partial charge in [0.15, 0.2) is 5.96 Å². The van der Waals surface area contributed by atoms with Crippen molar-refractivity contribution in [1.29, 1.82) is 0 Å². The van der Waals surface area contributed by atoms with Gasteiger partial charge in [-0.1, -0.05) is 26.7 Å². The molecule has 5 unspecified atom stereocenters. The van der Waals surface area contributed by atoms with E-state index in [2.05, 4.69) is 15.6 Å². The van der Waals surface area contributed by atoms with Gasteiger partial charge < -0.3 is 43.6 Å². The number of carbonyl (C=O) groups excluding carboxylic acids is 3. The zero-order valence-electron chi connectivity index (χ0n) is 21.4. The SMILES string of the molecule is CCC(C)C(NC(=O)C(CCCN=C(N)N)NC(=O)C(N)CCCCN)C(=O)N1CCCC1C(=O)O. The Balaban J connectivity index is 3.01. The van der Waals surface area contributed by atoms with Gasteiger partial charge in [-0.25, -0.2) is 4.79 Å². The van der Waals surface area contributed by atoms with Crippen molar-refractivity contribution >= 4 is 29.7 Å². The summed E-state index contributed by atoms with van der Waals surface area (Å²) in [5, 5.41) is 15.0. The number of nitrogens with zero attached hydrogens (tertiary/aromatic N) is 2. The van der Waals surface area contributed by atoms with Crippen molar-refractivity contribution in [2.45, 2.75) is 89.4 Å². The highest BCUT2D eigenvalue weighted by Crippen LogP contribution is 2.21. The van der Waals surface area contributed by atoms with Gasteiger partial charge in [0.25, 0.3) is 0 Å². The summed E-state index contributed by atoms with van der Waals surface area (Å²) in [6.45, 7) is 4.76. The second-order valence-electron chi connectivity index (χ2n) is 9.30. The van der Waals surface area contributed by atoms with E-state index in [0.717, 1.165) is 6.42 Å². The molecule has 1 saturated heterocycles. The number of amides is 3. The minimum atomic E-state index is -1.07. The van der Waals surface area contributed by atoms with E-state index in [1.807, 2.05) is 13.8 Å². The molecule has 1 fully saturated rings. The van der Waals surface area contributed by atoms with Crippen LogP contribution in [0.25, 0.3) is 0 Å². The molecule has 0 aromatic heterocycles. The summed E-state index contributed by atoms with van der Waals surface area (Å²) in [4.78, 5) is 56.1. The highest BCUT2D eigenvalue weighted by atomic mass is 16.4. The molecule has 0 aliphatic carbocycles. The number of unbranched alkanes of at least 4 members (excludes halogenated alkanes) is 1. The standard InChI is InChI=1S/C23H44N8O5/c1-3-14(2)18(21(34)31-13-7-10-17(31)22(35)36)30-20(33)16(9-6-12-28-23(26)27)29-19(32)15(25)8-4-5-11-24/h14-18H,3-13,24-25H2,1-2H3,(H,29,32)(H,30,33)(H,35,36)(H4,26,27,28). The van der Waals surface area contributed by atoms with Gasteiger partial charge in [-0.2, -0.15) is 0 Å². The van der Waals surface area contributed by atoms with Crippen LogP contribution in [0.4, 0.5) is 0 Å². The van der Waals surface area contributed by atoms with E-state index in [1.54, 1.807) is 0 Å². The molecular formula is C23H44N8O5. The van der Waals surface area contributed by atoms with Crippen LogP contribution in [0.15, 0.2) is 4.99 Å². The number of carbonyl (C=O) groups is 4. The molecule has 206 valence electrons. The predicted molar refractivity (Wildman–Crippen MR) is 136 cm³/mol. The number of carboxylic acids is 1. The molecule has 1 aliphatic heterocycles. The molecule has 0 spiro atoms. The molecule has 13 heteroatoms. The Morgan fingerprint density at radius 2 is 1.78 bits per heavy atom. The number of nitrogens with one attached hydrogen (secondary N) is 2. The minimum Gasteiger partial charge on any atom is -0.480 e. The zero-order valence-corrected chi connectivity index (χ0v) is 21.4. The van der Waals surface area contributed by atoms with Gasteiger partial charge in [0.2, 0.25) is 17.7 Å². The van der Waals surface area contributed by atoms with Crippen molar-refractivity contribution in [1.82, 2.24) is 15.5 Å². The van der Waals surface area contributed by atoms with E-state index in [-0.39, 0.29) is 24.8 Å². The molecule has 1 rings (SSSR count). The summed E-state index contributed by atoms with van der Waals surface area (Å²) >= 11 is 0. The third-order valence-corrected chi connectivity index (χ3v) is 6.48. The average molecular weight is 513 g/mol. The summed E-state index contributed by atoms with van der Waals surface area (Å²) < 4.78 is 0. The molecule has 1 heterocycles. The highest BCUT2D eigenvalue weighted by molar-refractivity contribution is 5.94. The maximum absolute atomic E-state index is 13.3. The maximum atomic E-state index is 13.3. The van der Waals surface area contributed by atoms with Crippen LogP contribution in [0, 0.1) is 5.92 Å². The van der Waals surface area contributed by atoms with Gasteiger partial charge in [0, 0.05) is 13.1 Å². The molecular weight excluding hydrogens is 468 g/mol. The molecule has 11 N–H and O–H groups in total. The fraction of sp³-hybridized carbons (Fsp3) is 0.783. The fourth-order valence-corrected chi connectivity index (χ4v) is 4.09.